The first kappa shape index (κ1) is 14.2. The number of aryl methyl sites for hydroxylation is 1. The average Bonchev–Trinajstić information content (AvgIpc) is 2.94. The topological polar surface area (TPSA) is 37.8 Å². The third kappa shape index (κ3) is 2.96. The molecule has 3 nitrogen and oxygen atoms in total. The van der Waals surface area contributed by atoms with Gasteiger partial charge in [0.25, 0.3) is 0 Å². The minimum absolute atomic E-state index is 0.140. The van der Waals surface area contributed by atoms with E-state index in [1.807, 2.05) is 12.4 Å². The third-order valence-corrected chi connectivity index (χ3v) is 4.35. The fourth-order valence-electron chi connectivity index (χ4n) is 2.57. The molecule has 0 radical (unpaired) electrons. The highest BCUT2D eigenvalue weighted by Crippen LogP contribution is 2.29. The van der Waals surface area contributed by atoms with Crippen molar-refractivity contribution < 1.29 is 0 Å². The lowest BCUT2D eigenvalue weighted by Gasteiger charge is -2.19. The van der Waals surface area contributed by atoms with E-state index in [1.54, 1.807) is 11.3 Å². The highest BCUT2D eigenvalue weighted by atomic mass is 32.1. The maximum Gasteiger partial charge on any atom is 0.0898 e. The number of benzene rings is 1. The highest BCUT2D eigenvalue weighted by Gasteiger charge is 2.18. The van der Waals surface area contributed by atoms with Crippen LogP contribution in [0.2, 0.25) is 0 Å². The summed E-state index contributed by atoms with van der Waals surface area (Å²) in [5.74, 6) is 0. The van der Waals surface area contributed by atoms with Crippen LogP contribution in [0.3, 0.4) is 0 Å². The number of nitrogens with zero attached hydrogens (tertiary/aromatic N) is 2. The lowest BCUT2D eigenvalue weighted by molar-refractivity contribution is 0.591. The number of hydrogen-bond acceptors (Lipinski definition) is 4. The molecule has 0 amide bonds. The summed E-state index contributed by atoms with van der Waals surface area (Å²) in [7, 11) is 0. The number of hydrogen-bond donors (Lipinski definition) is 1. The SMILES string of the molecule is CCCNC(c1csc(C)n1)c1cccc2cnccc12. The zero-order valence-corrected chi connectivity index (χ0v) is 13.2. The molecule has 0 aliphatic carbocycles. The van der Waals surface area contributed by atoms with E-state index in [2.05, 4.69) is 58.8 Å². The number of nitrogens with one attached hydrogen (secondary N) is 1. The Bertz CT molecular complexity index is 730. The maximum absolute atomic E-state index is 4.69. The van der Waals surface area contributed by atoms with Gasteiger partial charge >= 0.3 is 0 Å². The van der Waals surface area contributed by atoms with E-state index in [0.717, 1.165) is 23.7 Å². The van der Waals surface area contributed by atoms with Crippen molar-refractivity contribution in [1.82, 2.24) is 15.3 Å². The molecule has 2 aromatic heterocycles. The molecule has 108 valence electrons. The number of thiazole rings is 1. The normalized spacial score (nSPS) is 12.7. The van der Waals surface area contributed by atoms with Crippen LogP contribution in [0.25, 0.3) is 10.8 Å². The van der Waals surface area contributed by atoms with Crippen LogP contribution in [-0.2, 0) is 0 Å². The minimum Gasteiger partial charge on any atom is -0.305 e. The fourth-order valence-corrected chi connectivity index (χ4v) is 3.21. The van der Waals surface area contributed by atoms with Crippen LogP contribution in [0, 0.1) is 6.92 Å². The zero-order chi connectivity index (χ0) is 14.7. The Morgan fingerprint density at radius 2 is 2.19 bits per heavy atom. The Balaban J connectivity index is 2.09. The lowest BCUT2D eigenvalue weighted by Crippen LogP contribution is -2.23. The van der Waals surface area contributed by atoms with Gasteiger partial charge in [0.15, 0.2) is 0 Å². The average molecular weight is 297 g/mol. The molecule has 21 heavy (non-hydrogen) atoms. The van der Waals surface area contributed by atoms with Crippen molar-refractivity contribution >= 4 is 22.1 Å². The second-order valence-corrected chi connectivity index (χ2v) is 6.18. The zero-order valence-electron chi connectivity index (χ0n) is 12.3. The van der Waals surface area contributed by atoms with Gasteiger partial charge in [-0.1, -0.05) is 25.1 Å². The van der Waals surface area contributed by atoms with Crippen molar-refractivity contribution in [2.75, 3.05) is 6.54 Å². The summed E-state index contributed by atoms with van der Waals surface area (Å²) in [5.41, 5.74) is 2.38. The summed E-state index contributed by atoms with van der Waals surface area (Å²) in [6.07, 6.45) is 4.88. The summed E-state index contributed by atoms with van der Waals surface area (Å²) in [6, 6.07) is 8.62. The molecule has 1 aromatic carbocycles. The first-order valence-electron chi connectivity index (χ1n) is 7.27. The van der Waals surface area contributed by atoms with Gasteiger partial charge in [-0.15, -0.1) is 11.3 Å². The summed E-state index contributed by atoms with van der Waals surface area (Å²) in [4.78, 5) is 8.91. The molecular formula is C17H19N3S. The van der Waals surface area contributed by atoms with E-state index in [1.165, 1.54) is 16.3 Å². The van der Waals surface area contributed by atoms with Gasteiger partial charge in [0.1, 0.15) is 0 Å². The van der Waals surface area contributed by atoms with Gasteiger partial charge in [0.2, 0.25) is 0 Å². The van der Waals surface area contributed by atoms with E-state index in [-0.39, 0.29) is 6.04 Å². The van der Waals surface area contributed by atoms with Crippen molar-refractivity contribution in [3.8, 4) is 0 Å². The van der Waals surface area contributed by atoms with Crippen molar-refractivity contribution in [2.24, 2.45) is 0 Å². The molecule has 4 heteroatoms. The lowest BCUT2D eigenvalue weighted by atomic mass is 9.98. The first-order valence-corrected chi connectivity index (χ1v) is 8.15. The summed E-state index contributed by atoms with van der Waals surface area (Å²) >= 11 is 1.70. The number of fused-ring (bicyclic) bond motifs is 1. The van der Waals surface area contributed by atoms with Crippen molar-refractivity contribution in [3.05, 3.63) is 58.3 Å². The smallest absolute Gasteiger partial charge is 0.0898 e. The standard InChI is InChI=1S/C17H19N3S/c1-3-8-19-17(16-11-21-12(2)20-16)15-6-4-5-13-10-18-9-7-14(13)15/h4-7,9-11,17,19H,3,8H2,1-2H3. The van der Waals surface area contributed by atoms with Gasteiger partial charge in [0, 0.05) is 23.2 Å². The van der Waals surface area contributed by atoms with Gasteiger partial charge in [-0.3, -0.25) is 4.98 Å². The van der Waals surface area contributed by atoms with E-state index in [9.17, 15) is 0 Å². The third-order valence-electron chi connectivity index (χ3n) is 3.56. The van der Waals surface area contributed by atoms with E-state index in [0.29, 0.717) is 0 Å². The molecule has 0 bridgehead atoms. The predicted molar refractivity (Wildman–Crippen MR) is 88.7 cm³/mol. The summed E-state index contributed by atoms with van der Waals surface area (Å²) in [6.45, 7) is 5.21. The number of rotatable bonds is 5. The molecule has 1 unspecified atom stereocenters. The Kier molecular flexibility index (Phi) is 4.27. The molecule has 1 N–H and O–H groups in total. The van der Waals surface area contributed by atoms with Crippen molar-refractivity contribution in [2.45, 2.75) is 26.3 Å². The molecule has 0 aliphatic rings. The summed E-state index contributed by atoms with van der Waals surface area (Å²) < 4.78 is 0. The molecule has 0 saturated heterocycles. The van der Waals surface area contributed by atoms with E-state index < -0.39 is 0 Å². The molecule has 2 heterocycles. The fraction of sp³-hybridized carbons (Fsp3) is 0.294. The molecule has 0 saturated carbocycles. The Hall–Kier alpha value is -1.78. The van der Waals surface area contributed by atoms with E-state index in [4.69, 9.17) is 0 Å². The number of pyridine rings is 1. The van der Waals surface area contributed by atoms with Gasteiger partial charge in [-0.2, -0.15) is 0 Å². The second kappa shape index (κ2) is 6.33. The van der Waals surface area contributed by atoms with Crippen molar-refractivity contribution in [1.29, 1.82) is 0 Å². The Morgan fingerprint density at radius 1 is 1.29 bits per heavy atom. The van der Waals surface area contributed by atoms with Crippen LogP contribution in [0.1, 0.15) is 35.7 Å². The van der Waals surface area contributed by atoms with Gasteiger partial charge in [-0.05, 0) is 36.9 Å². The van der Waals surface area contributed by atoms with Crippen LogP contribution >= 0.6 is 11.3 Å². The maximum atomic E-state index is 4.69. The van der Waals surface area contributed by atoms with Gasteiger partial charge in [-0.25, -0.2) is 4.98 Å². The highest BCUT2D eigenvalue weighted by molar-refractivity contribution is 7.09. The van der Waals surface area contributed by atoms with Gasteiger partial charge < -0.3 is 5.32 Å². The van der Waals surface area contributed by atoms with Gasteiger partial charge in [0.05, 0.1) is 16.7 Å². The molecule has 3 rings (SSSR count). The van der Waals surface area contributed by atoms with E-state index >= 15 is 0 Å². The Morgan fingerprint density at radius 3 is 2.95 bits per heavy atom. The predicted octanol–water partition coefficient (Wildman–Crippen LogP) is 4.09. The molecule has 0 spiro atoms. The monoisotopic (exact) mass is 297 g/mol. The van der Waals surface area contributed by atoms with Crippen LogP contribution in [0.15, 0.2) is 42.0 Å². The second-order valence-electron chi connectivity index (χ2n) is 5.12. The van der Waals surface area contributed by atoms with Crippen LogP contribution in [0.5, 0.6) is 0 Å². The van der Waals surface area contributed by atoms with Crippen molar-refractivity contribution in [3.63, 3.8) is 0 Å². The number of aromatic nitrogens is 2. The molecule has 0 aliphatic heterocycles. The summed E-state index contributed by atoms with van der Waals surface area (Å²) in [5, 5.41) is 9.31. The molecule has 1 atom stereocenters. The first-order chi connectivity index (χ1) is 10.3. The molecular weight excluding hydrogens is 278 g/mol. The minimum atomic E-state index is 0.140. The quantitative estimate of drug-likeness (QED) is 0.771. The van der Waals surface area contributed by atoms with Crippen LogP contribution in [0.4, 0.5) is 0 Å². The Labute approximate surface area is 129 Å². The molecule has 0 fully saturated rings. The van der Waals surface area contributed by atoms with Crippen LogP contribution < -0.4 is 5.32 Å². The largest absolute Gasteiger partial charge is 0.305 e. The van der Waals surface area contributed by atoms with Crippen LogP contribution in [-0.4, -0.2) is 16.5 Å². The molecule has 3 aromatic rings.